The quantitative estimate of drug-likeness (QED) is 0.714. The molecule has 0 aromatic heterocycles. The van der Waals surface area contributed by atoms with Crippen molar-refractivity contribution in [2.24, 2.45) is 5.92 Å². The first-order valence-corrected chi connectivity index (χ1v) is 7.32. The standard InChI is InChI=1S/C14H27NO2/c16-9-8-15(13-6-3-7-13)11-14(17)10-12-4-1-2-5-12/h12-14,16-17H,1-11H2. The van der Waals surface area contributed by atoms with Gasteiger partial charge >= 0.3 is 0 Å². The summed E-state index contributed by atoms with van der Waals surface area (Å²) in [6.45, 7) is 1.71. The molecule has 0 saturated heterocycles. The second-order valence-corrected chi connectivity index (χ2v) is 5.84. The molecule has 2 aliphatic carbocycles. The minimum atomic E-state index is -0.190. The highest BCUT2D eigenvalue weighted by Gasteiger charge is 2.27. The lowest BCUT2D eigenvalue weighted by atomic mass is 9.90. The molecule has 0 bridgehead atoms. The molecular formula is C14H27NO2. The highest BCUT2D eigenvalue weighted by atomic mass is 16.3. The van der Waals surface area contributed by atoms with Gasteiger partial charge in [0.15, 0.2) is 0 Å². The molecule has 1 atom stereocenters. The van der Waals surface area contributed by atoms with Crippen molar-refractivity contribution in [2.45, 2.75) is 63.5 Å². The number of hydrogen-bond donors (Lipinski definition) is 2. The third kappa shape index (κ3) is 3.94. The molecule has 0 heterocycles. The van der Waals surface area contributed by atoms with Gasteiger partial charge in [-0.05, 0) is 25.2 Å². The van der Waals surface area contributed by atoms with Gasteiger partial charge in [0.1, 0.15) is 0 Å². The maximum atomic E-state index is 10.2. The van der Waals surface area contributed by atoms with Gasteiger partial charge in [0.05, 0.1) is 12.7 Å². The summed E-state index contributed by atoms with van der Waals surface area (Å²) in [4.78, 5) is 2.29. The van der Waals surface area contributed by atoms with Crippen molar-refractivity contribution < 1.29 is 10.2 Å². The zero-order chi connectivity index (χ0) is 12.1. The molecule has 3 nitrogen and oxygen atoms in total. The SMILES string of the molecule is OCCN(CC(O)CC1CCCC1)C1CCC1. The van der Waals surface area contributed by atoms with Crippen molar-refractivity contribution in [2.75, 3.05) is 19.7 Å². The second kappa shape index (κ2) is 6.72. The van der Waals surface area contributed by atoms with Crippen LogP contribution in [0.5, 0.6) is 0 Å². The lowest BCUT2D eigenvalue weighted by Crippen LogP contribution is -2.45. The van der Waals surface area contributed by atoms with E-state index in [-0.39, 0.29) is 12.7 Å². The molecule has 17 heavy (non-hydrogen) atoms. The predicted molar refractivity (Wildman–Crippen MR) is 68.9 cm³/mol. The fraction of sp³-hybridized carbons (Fsp3) is 1.00. The van der Waals surface area contributed by atoms with Gasteiger partial charge in [0, 0.05) is 19.1 Å². The number of aliphatic hydroxyl groups excluding tert-OH is 2. The Bertz CT molecular complexity index is 212. The van der Waals surface area contributed by atoms with Crippen LogP contribution in [0.3, 0.4) is 0 Å². The molecule has 0 amide bonds. The fourth-order valence-electron chi connectivity index (χ4n) is 3.28. The van der Waals surface area contributed by atoms with E-state index in [0.717, 1.165) is 25.4 Å². The summed E-state index contributed by atoms with van der Waals surface area (Å²) >= 11 is 0. The Morgan fingerprint density at radius 1 is 1.06 bits per heavy atom. The highest BCUT2D eigenvalue weighted by molar-refractivity contribution is 4.82. The third-order valence-electron chi connectivity index (χ3n) is 4.50. The predicted octanol–water partition coefficient (Wildman–Crippen LogP) is 1.77. The van der Waals surface area contributed by atoms with Gasteiger partial charge in [-0.2, -0.15) is 0 Å². The third-order valence-corrected chi connectivity index (χ3v) is 4.50. The number of rotatable bonds is 7. The first-order valence-electron chi connectivity index (χ1n) is 7.32. The molecule has 0 radical (unpaired) electrons. The van der Waals surface area contributed by atoms with Crippen LogP contribution in [-0.2, 0) is 0 Å². The van der Waals surface area contributed by atoms with E-state index in [0.29, 0.717) is 6.04 Å². The molecule has 2 aliphatic rings. The molecule has 3 heteroatoms. The summed E-state index contributed by atoms with van der Waals surface area (Å²) in [5.41, 5.74) is 0. The van der Waals surface area contributed by atoms with Gasteiger partial charge in [-0.25, -0.2) is 0 Å². The van der Waals surface area contributed by atoms with Gasteiger partial charge in [0.2, 0.25) is 0 Å². The molecular weight excluding hydrogens is 214 g/mol. The smallest absolute Gasteiger partial charge is 0.0669 e. The molecule has 0 aromatic carbocycles. The molecule has 100 valence electrons. The van der Waals surface area contributed by atoms with Crippen LogP contribution in [0.1, 0.15) is 51.4 Å². The molecule has 2 saturated carbocycles. The minimum Gasteiger partial charge on any atom is -0.395 e. The summed E-state index contributed by atoms with van der Waals surface area (Å²) in [6, 6.07) is 0.625. The molecule has 0 spiro atoms. The maximum absolute atomic E-state index is 10.2. The van der Waals surface area contributed by atoms with E-state index < -0.39 is 0 Å². The van der Waals surface area contributed by atoms with Crippen LogP contribution >= 0.6 is 0 Å². The van der Waals surface area contributed by atoms with Crippen LogP contribution in [0.25, 0.3) is 0 Å². The normalized spacial score (nSPS) is 24.2. The average Bonchev–Trinajstić information content (AvgIpc) is 2.67. The van der Waals surface area contributed by atoms with E-state index in [1.807, 2.05) is 0 Å². The van der Waals surface area contributed by atoms with E-state index in [1.54, 1.807) is 0 Å². The van der Waals surface area contributed by atoms with E-state index in [1.165, 1.54) is 44.9 Å². The Hall–Kier alpha value is -0.120. The Morgan fingerprint density at radius 2 is 1.76 bits per heavy atom. The monoisotopic (exact) mass is 241 g/mol. The van der Waals surface area contributed by atoms with Crippen LogP contribution < -0.4 is 0 Å². The van der Waals surface area contributed by atoms with Crippen LogP contribution in [-0.4, -0.2) is 47.0 Å². The van der Waals surface area contributed by atoms with Crippen molar-refractivity contribution in [1.82, 2.24) is 4.90 Å². The molecule has 0 aromatic rings. The molecule has 2 N–H and O–H groups in total. The van der Waals surface area contributed by atoms with Crippen LogP contribution in [0.15, 0.2) is 0 Å². The lowest BCUT2D eigenvalue weighted by Gasteiger charge is -2.38. The van der Waals surface area contributed by atoms with Crippen molar-refractivity contribution in [3.63, 3.8) is 0 Å². The zero-order valence-corrected chi connectivity index (χ0v) is 10.9. The van der Waals surface area contributed by atoms with Crippen molar-refractivity contribution in [3.8, 4) is 0 Å². The van der Waals surface area contributed by atoms with E-state index in [4.69, 9.17) is 5.11 Å². The van der Waals surface area contributed by atoms with Crippen LogP contribution in [0.2, 0.25) is 0 Å². The van der Waals surface area contributed by atoms with E-state index in [9.17, 15) is 5.11 Å². The number of nitrogens with zero attached hydrogens (tertiary/aromatic N) is 1. The van der Waals surface area contributed by atoms with Gasteiger partial charge in [0.25, 0.3) is 0 Å². The summed E-state index contributed by atoms with van der Waals surface area (Å²) in [6.07, 6.45) is 9.89. The summed E-state index contributed by atoms with van der Waals surface area (Å²) in [5.74, 6) is 0.752. The van der Waals surface area contributed by atoms with Gasteiger partial charge < -0.3 is 10.2 Å². The Kier molecular flexibility index (Phi) is 5.26. The van der Waals surface area contributed by atoms with Crippen molar-refractivity contribution in [3.05, 3.63) is 0 Å². The van der Waals surface area contributed by atoms with Crippen LogP contribution in [0, 0.1) is 5.92 Å². The zero-order valence-electron chi connectivity index (χ0n) is 10.9. The topological polar surface area (TPSA) is 43.7 Å². The van der Waals surface area contributed by atoms with Crippen molar-refractivity contribution in [1.29, 1.82) is 0 Å². The van der Waals surface area contributed by atoms with Gasteiger partial charge in [-0.3, -0.25) is 4.90 Å². The first kappa shape index (κ1) is 13.3. The molecule has 1 unspecified atom stereocenters. The van der Waals surface area contributed by atoms with Gasteiger partial charge in [-0.15, -0.1) is 0 Å². The number of aliphatic hydroxyl groups is 2. The van der Waals surface area contributed by atoms with Gasteiger partial charge in [-0.1, -0.05) is 32.1 Å². The molecule has 0 aliphatic heterocycles. The summed E-state index contributed by atoms with van der Waals surface area (Å²) < 4.78 is 0. The highest BCUT2D eigenvalue weighted by Crippen LogP contribution is 2.30. The van der Waals surface area contributed by atoms with E-state index in [2.05, 4.69) is 4.90 Å². The lowest BCUT2D eigenvalue weighted by molar-refractivity contribution is 0.0367. The maximum Gasteiger partial charge on any atom is 0.0669 e. The Balaban J connectivity index is 1.71. The fourth-order valence-corrected chi connectivity index (χ4v) is 3.28. The Morgan fingerprint density at radius 3 is 2.29 bits per heavy atom. The average molecular weight is 241 g/mol. The largest absolute Gasteiger partial charge is 0.395 e. The minimum absolute atomic E-state index is 0.190. The van der Waals surface area contributed by atoms with Crippen molar-refractivity contribution >= 4 is 0 Å². The van der Waals surface area contributed by atoms with E-state index >= 15 is 0 Å². The second-order valence-electron chi connectivity index (χ2n) is 5.84. The summed E-state index contributed by atoms with van der Waals surface area (Å²) in [5, 5.41) is 19.2. The summed E-state index contributed by atoms with van der Waals surface area (Å²) in [7, 11) is 0. The molecule has 2 fully saturated rings. The first-order chi connectivity index (χ1) is 8.29. The number of hydrogen-bond acceptors (Lipinski definition) is 3. The van der Waals surface area contributed by atoms with Crippen LogP contribution in [0.4, 0.5) is 0 Å². The molecule has 2 rings (SSSR count). The Labute approximate surface area is 105 Å².